The number of hydrogen-bond donors (Lipinski definition) is 1. The number of hydrogen-bond acceptors (Lipinski definition) is 8. The zero-order valence-corrected chi connectivity index (χ0v) is 15.6. The molecule has 1 saturated heterocycles. The van der Waals surface area contributed by atoms with Crippen molar-refractivity contribution in [3.63, 3.8) is 0 Å². The van der Waals surface area contributed by atoms with Crippen molar-refractivity contribution in [2.45, 2.75) is 30.7 Å². The number of fused-ring (bicyclic) bond motifs is 1. The van der Waals surface area contributed by atoms with Gasteiger partial charge in [-0.25, -0.2) is 13.4 Å². The van der Waals surface area contributed by atoms with Crippen LogP contribution >= 0.6 is 11.8 Å². The number of nitrogens with zero attached hydrogens (tertiary/aromatic N) is 1. The Morgan fingerprint density at radius 2 is 2.19 bits per heavy atom. The largest absolute Gasteiger partial charge is 0.452 e. The average molecular weight is 398 g/mol. The quantitative estimate of drug-likeness (QED) is 0.569. The molecule has 0 saturated carbocycles. The highest BCUT2D eigenvalue weighted by molar-refractivity contribution is 7.99. The fourth-order valence-electron chi connectivity index (χ4n) is 2.55. The maximum atomic E-state index is 12.0. The molecule has 2 atom stereocenters. The number of carbonyl (C=O) groups excluding carboxylic acids is 2. The molecule has 1 aliphatic heterocycles. The van der Waals surface area contributed by atoms with Crippen LogP contribution in [0.1, 0.15) is 13.3 Å². The number of aromatic nitrogens is 1. The molecule has 0 spiro atoms. The van der Waals surface area contributed by atoms with Gasteiger partial charge in [-0.1, -0.05) is 23.9 Å². The van der Waals surface area contributed by atoms with Crippen molar-refractivity contribution in [1.29, 1.82) is 0 Å². The molecule has 8 nitrogen and oxygen atoms in total. The van der Waals surface area contributed by atoms with Crippen LogP contribution in [0.4, 0.5) is 0 Å². The van der Waals surface area contributed by atoms with Gasteiger partial charge in [0, 0.05) is 6.04 Å². The minimum Gasteiger partial charge on any atom is -0.452 e. The van der Waals surface area contributed by atoms with Crippen LogP contribution in [0.15, 0.2) is 33.9 Å². The van der Waals surface area contributed by atoms with Gasteiger partial charge in [-0.3, -0.25) is 9.59 Å². The maximum absolute atomic E-state index is 12.0. The first kappa shape index (κ1) is 18.7. The van der Waals surface area contributed by atoms with Crippen molar-refractivity contribution in [2.24, 2.45) is 0 Å². The first-order valence-corrected chi connectivity index (χ1v) is 10.8. The van der Waals surface area contributed by atoms with Crippen molar-refractivity contribution in [1.82, 2.24) is 10.3 Å². The SMILES string of the molecule is C[C@H](OC(=O)CSc1nc2ccccc2o1)C(=O)N[C@@H]1CCS(=O)(=O)C1. The van der Waals surface area contributed by atoms with Crippen LogP contribution in [-0.4, -0.2) is 54.7 Å². The predicted octanol–water partition coefficient (Wildman–Crippen LogP) is 1.15. The average Bonchev–Trinajstić information content (AvgIpc) is 3.15. The Morgan fingerprint density at radius 1 is 1.42 bits per heavy atom. The van der Waals surface area contributed by atoms with E-state index in [1.54, 1.807) is 12.1 Å². The normalized spacial score (nSPS) is 20.0. The highest BCUT2D eigenvalue weighted by atomic mass is 32.2. The molecule has 140 valence electrons. The fraction of sp³-hybridized carbons (Fsp3) is 0.438. The number of amides is 1. The summed E-state index contributed by atoms with van der Waals surface area (Å²) in [4.78, 5) is 28.1. The van der Waals surface area contributed by atoms with Gasteiger partial charge in [0.05, 0.1) is 11.5 Å². The van der Waals surface area contributed by atoms with Gasteiger partial charge in [0.15, 0.2) is 21.5 Å². The minimum absolute atomic E-state index is 0.0533. The molecule has 0 aliphatic carbocycles. The van der Waals surface area contributed by atoms with Crippen LogP contribution in [0, 0.1) is 0 Å². The Bertz CT molecular complexity index is 891. The molecular weight excluding hydrogens is 380 g/mol. The van der Waals surface area contributed by atoms with Gasteiger partial charge in [-0.15, -0.1) is 0 Å². The van der Waals surface area contributed by atoms with Crippen LogP contribution in [-0.2, 0) is 24.2 Å². The molecule has 10 heteroatoms. The molecule has 1 aromatic heterocycles. The van der Waals surface area contributed by atoms with E-state index in [0.29, 0.717) is 22.7 Å². The van der Waals surface area contributed by atoms with Crippen molar-refractivity contribution in [3.05, 3.63) is 24.3 Å². The molecule has 1 N–H and O–H groups in total. The Kier molecular flexibility index (Phi) is 5.52. The van der Waals surface area contributed by atoms with E-state index in [4.69, 9.17) is 9.15 Å². The summed E-state index contributed by atoms with van der Waals surface area (Å²) in [6, 6.07) is 6.81. The fourth-order valence-corrected chi connectivity index (χ4v) is 4.84. The van der Waals surface area contributed by atoms with Gasteiger partial charge >= 0.3 is 5.97 Å². The van der Waals surface area contributed by atoms with E-state index in [1.165, 1.54) is 6.92 Å². The molecule has 1 fully saturated rings. The van der Waals surface area contributed by atoms with Gasteiger partial charge in [0.25, 0.3) is 11.1 Å². The summed E-state index contributed by atoms with van der Waals surface area (Å²) in [5.74, 6) is -1.16. The highest BCUT2D eigenvalue weighted by Gasteiger charge is 2.30. The van der Waals surface area contributed by atoms with Crippen LogP contribution in [0.3, 0.4) is 0 Å². The highest BCUT2D eigenvalue weighted by Crippen LogP contribution is 2.23. The first-order chi connectivity index (χ1) is 12.3. The van der Waals surface area contributed by atoms with E-state index in [0.717, 1.165) is 11.8 Å². The van der Waals surface area contributed by atoms with Crippen molar-refractivity contribution in [3.8, 4) is 0 Å². The smallest absolute Gasteiger partial charge is 0.317 e. The molecule has 0 bridgehead atoms. The van der Waals surface area contributed by atoms with Crippen LogP contribution in [0.2, 0.25) is 0 Å². The number of ether oxygens (including phenoxy) is 1. The van der Waals surface area contributed by atoms with Crippen molar-refractivity contribution < 1.29 is 27.2 Å². The molecule has 3 rings (SSSR count). The van der Waals surface area contributed by atoms with E-state index in [-0.39, 0.29) is 17.3 Å². The number of rotatable bonds is 6. The topological polar surface area (TPSA) is 116 Å². The molecule has 26 heavy (non-hydrogen) atoms. The predicted molar refractivity (Wildman–Crippen MR) is 95.5 cm³/mol. The van der Waals surface area contributed by atoms with Gasteiger partial charge in [-0.05, 0) is 25.5 Å². The number of benzene rings is 1. The standard InChI is InChI=1S/C16H18N2O6S2/c1-10(15(20)17-11-6-7-26(21,22)9-11)23-14(19)8-25-16-18-12-4-2-3-5-13(12)24-16/h2-5,10-11H,6-9H2,1H3,(H,17,20)/t10-,11+/m0/s1. The first-order valence-electron chi connectivity index (χ1n) is 8.01. The van der Waals surface area contributed by atoms with E-state index >= 15 is 0 Å². The van der Waals surface area contributed by atoms with E-state index < -0.39 is 33.9 Å². The molecule has 0 unspecified atom stereocenters. The molecule has 1 aromatic carbocycles. The molecule has 2 heterocycles. The molecule has 2 aromatic rings. The van der Waals surface area contributed by atoms with Crippen LogP contribution in [0.25, 0.3) is 11.1 Å². The van der Waals surface area contributed by atoms with Gasteiger partial charge in [0.2, 0.25) is 0 Å². The summed E-state index contributed by atoms with van der Waals surface area (Å²) >= 11 is 1.08. The van der Waals surface area contributed by atoms with Gasteiger partial charge in [0.1, 0.15) is 11.3 Å². The number of thioether (sulfide) groups is 1. The Balaban J connectivity index is 1.45. The Labute approximate surface area is 154 Å². The van der Waals surface area contributed by atoms with Gasteiger partial charge in [-0.2, -0.15) is 0 Å². The summed E-state index contributed by atoms with van der Waals surface area (Å²) in [6.45, 7) is 1.45. The Morgan fingerprint density at radius 3 is 2.88 bits per heavy atom. The van der Waals surface area contributed by atoms with Gasteiger partial charge < -0.3 is 14.5 Å². The summed E-state index contributed by atoms with van der Waals surface area (Å²) in [7, 11) is -3.08. The molecular formula is C16H18N2O6S2. The van der Waals surface area contributed by atoms with Crippen molar-refractivity contribution in [2.75, 3.05) is 17.3 Å². The number of carbonyl (C=O) groups is 2. The summed E-state index contributed by atoms with van der Waals surface area (Å²) in [5, 5.41) is 2.94. The summed E-state index contributed by atoms with van der Waals surface area (Å²) in [6.07, 6.45) is -0.627. The van der Waals surface area contributed by atoms with Crippen molar-refractivity contribution >= 4 is 44.6 Å². The molecule has 0 radical (unpaired) electrons. The number of esters is 1. The van der Waals surface area contributed by atoms with Crippen LogP contribution in [0.5, 0.6) is 0 Å². The molecule has 1 aliphatic rings. The Hall–Kier alpha value is -2.07. The lowest BCUT2D eigenvalue weighted by atomic mass is 10.2. The number of para-hydroxylation sites is 2. The lowest BCUT2D eigenvalue weighted by molar-refractivity contribution is -0.152. The zero-order valence-electron chi connectivity index (χ0n) is 14.0. The zero-order chi connectivity index (χ0) is 18.7. The number of nitrogens with one attached hydrogen (secondary N) is 1. The minimum atomic E-state index is -3.08. The monoisotopic (exact) mass is 398 g/mol. The lowest BCUT2D eigenvalue weighted by Crippen LogP contribution is -2.42. The van der Waals surface area contributed by atoms with Crippen LogP contribution < -0.4 is 5.32 Å². The maximum Gasteiger partial charge on any atom is 0.317 e. The second kappa shape index (κ2) is 7.67. The lowest BCUT2D eigenvalue weighted by Gasteiger charge is -2.16. The second-order valence-corrected chi connectivity index (χ2v) is 9.13. The van der Waals surface area contributed by atoms with E-state index in [2.05, 4.69) is 10.3 Å². The third kappa shape index (κ3) is 4.76. The third-order valence-corrected chi connectivity index (χ3v) is 6.41. The molecule has 1 amide bonds. The number of oxazole rings is 1. The summed E-state index contributed by atoms with van der Waals surface area (Å²) < 4.78 is 33.4. The number of sulfone groups is 1. The van der Waals surface area contributed by atoms with E-state index in [1.807, 2.05) is 12.1 Å². The third-order valence-electron chi connectivity index (χ3n) is 3.84. The summed E-state index contributed by atoms with van der Waals surface area (Å²) in [5.41, 5.74) is 1.32. The van der Waals surface area contributed by atoms with E-state index in [9.17, 15) is 18.0 Å². The second-order valence-electron chi connectivity index (χ2n) is 5.98.